The fraction of sp³-hybridized carbons (Fsp3) is 0.385. The molecule has 7 heteroatoms. The molecule has 20 heavy (non-hydrogen) atoms. The van der Waals surface area contributed by atoms with Gasteiger partial charge in [0.25, 0.3) is 0 Å². The SMILES string of the molecule is O=C(O)c1cc(NC(=O)N2CCCC2CO)ccc1Cl. The van der Waals surface area contributed by atoms with E-state index in [-0.39, 0.29) is 29.3 Å². The quantitative estimate of drug-likeness (QED) is 0.796. The lowest BCUT2D eigenvalue weighted by Gasteiger charge is -2.23. The van der Waals surface area contributed by atoms with Crippen molar-refractivity contribution < 1.29 is 19.8 Å². The highest BCUT2D eigenvalue weighted by Gasteiger charge is 2.28. The van der Waals surface area contributed by atoms with E-state index in [1.807, 2.05) is 0 Å². The predicted molar refractivity (Wildman–Crippen MR) is 74.2 cm³/mol. The Kier molecular flexibility index (Phi) is 4.46. The number of aliphatic hydroxyl groups is 1. The van der Waals surface area contributed by atoms with Crippen molar-refractivity contribution in [2.75, 3.05) is 18.5 Å². The number of aromatic carboxylic acids is 1. The van der Waals surface area contributed by atoms with Gasteiger partial charge in [-0.25, -0.2) is 9.59 Å². The number of rotatable bonds is 3. The summed E-state index contributed by atoms with van der Waals surface area (Å²) in [6.45, 7) is 0.505. The maximum Gasteiger partial charge on any atom is 0.337 e. The topological polar surface area (TPSA) is 89.9 Å². The van der Waals surface area contributed by atoms with E-state index < -0.39 is 5.97 Å². The van der Waals surface area contributed by atoms with Crippen LogP contribution in [-0.2, 0) is 0 Å². The lowest BCUT2D eigenvalue weighted by Crippen LogP contribution is -2.40. The minimum Gasteiger partial charge on any atom is -0.478 e. The predicted octanol–water partition coefficient (Wildman–Crippen LogP) is 2.03. The van der Waals surface area contributed by atoms with Gasteiger partial charge in [-0.15, -0.1) is 0 Å². The number of carbonyl (C=O) groups excluding carboxylic acids is 1. The van der Waals surface area contributed by atoms with Crippen molar-refractivity contribution in [3.63, 3.8) is 0 Å². The van der Waals surface area contributed by atoms with E-state index in [0.29, 0.717) is 12.2 Å². The summed E-state index contributed by atoms with van der Waals surface area (Å²) in [7, 11) is 0. The molecular weight excluding hydrogens is 284 g/mol. The lowest BCUT2D eigenvalue weighted by atomic mass is 10.2. The summed E-state index contributed by atoms with van der Waals surface area (Å²) >= 11 is 5.76. The molecule has 0 aromatic heterocycles. The number of hydrogen-bond donors (Lipinski definition) is 3. The van der Waals surface area contributed by atoms with Gasteiger partial charge in [-0.2, -0.15) is 0 Å². The monoisotopic (exact) mass is 298 g/mol. The lowest BCUT2D eigenvalue weighted by molar-refractivity contribution is 0.0697. The molecule has 0 bridgehead atoms. The van der Waals surface area contributed by atoms with E-state index in [1.54, 1.807) is 4.90 Å². The van der Waals surface area contributed by atoms with Gasteiger partial charge in [-0.05, 0) is 31.0 Å². The molecule has 1 saturated heterocycles. The second-order valence-electron chi connectivity index (χ2n) is 4.60. The zero-order chi connectivity index (χ0) is 14.7. The van der Waals surface area contributed by atoms with Crippen LogP contribution >= 0.6 is 11.6 Å². The van der Waals surface area contributed by atoms with Crippen molar-refractivity contribution >= 4 is 29.3 Å². The first-order valence-electron chi connectivity index (χ1n) is 6.24. The number of carbonyl (C=O) groups is 2. The highest BCUT2D eigenvalue weighted by Crippen LogP contribution is 2.22. The molecule has 3 N–H and O–H groups in total. The third-order valence-electron chi connectivity index (χ3n) is 3.30. The van der Waals surface area contributed by atoms with Gasteiger partial charge in [0.15, 0.2) is 0 Å². The van der Waals surface area contributed by atoms with Crippen LogP contribution in [0.5, 0.6) is 0 Å². The molecule has 1 unspecified atom stereocenters. The zero-order valence-electron chi connectivity index (χ0n) is 10.7. The molecule has 1 fully saturated rings. The summed E-state index contributed by atoms with van der Waals surface area (Å²) in [6.07, 6.45) is 1.62. The number of urea groups is 1. The van der Waals surface area contributed by atoms with Gasteiger partial charge in [0.1, 0.15) is 0 Å². The van der Waals surface area contributed by atoms with Gasteiger partial charge >= 0.3 is 12.0 Å². The molecule has 0 saturated carbocycles. The van der Waals surface area contributed by atoms with Crippen LogP contribution in [0.2, 0.25) is 5.02 Å². The van der Waals surface area contributed by atoms with Crippen molar-refractivity contribution in [2.45, 2.75) is 18.9 Å². The number of halogens is 1. The zero-order valence-corrected chi connectivity index (χ0v) is 11.4. The smallest absolute Gasteiger partial charge is 0.337 e. The van der Waals surface area contributed by atoms with Crippen LogP contribution in [-0.4, -0.2) is 46.3 Å². The van der Waals surface area contributed by atoms with Crippen LogP contribution in [0.15, 0.2) is 18.2 Å². The Balaban J connectivity index is 2.12. The summed E-state index contributed by atoms with van der Waals surface area (Å²) < 4.78 is 0. The van der Waals surface area contributed by atoms with Crippen molar-refractivity contribution in [2.24, 2.45) is 0 Å². The molecule has 1 heterocycles. The molecule has 2 amide bonds. The van der Waals surface area contributed by atoms with Gasteiger partial charge in [-0.1, -0.05) is 11.6 Å². The van der Waals surface area contributed by atoms with E-state index in [4.69, 9.17) is 16.7 Å². The molecule has 1 aromatic carbocycles. The third kappa shape index (κ3) is 3.02. The largest absolute Gasteiger partial charge is 0.478 e. The third-order valence-corrected chi connectivity index (χ3v) is 3.63. The fourth-order valence-corrected chi connectivity index (χ4v) is 2.45. The molecule has 6 nitrogen and oxygen atoms in total. The summed E-state index contributed by atoms with van der Waals surface area (Å²) in [5.74, 6) is -1.15. The first-order chi connectivity index (χ1) is 9.52. The fourth-order valence-electron chi connectivity index (χ4n) is 2.26. The Morgan fingerprint density at radius 1 is 1.45 bits per heavy atom. The molecule has 1 aliphatic rings. The molecule has 0 aliphatic carbocycles. The summed E-state index contributed by atoms with van der Waals surface area (Å²) in [6, 6.07) is 3.75. The van der Waals surface area contributed by atoms with E-state index >= 15 is 0 Å². The highest BCUT2D eigenvalue weighted by atomic mass is 35.5. The molecule has 1 atom stereocenters. The molecule has 108 valence electrons. The summed E-state index contributed by atoms with van der Waals surface area (Å²) in [5.41, 5.74) is 0.296. The minimum absolute atomic E-state index is 0.0652. The van der Waals surface area contributed by atoms with Crippen LogP contribution < -0.4 is 5.32 Å². The van der Waals surface area contributed by atoms with Crippen LogP contribution in [0.25, 0.3) is 0 Å². The number of nitrogens with zero attached hydrogens (tertiary/aromatic N) is 1. The first-order valence-corrected chi connectivity index (χ1v) is 6.62. The van der Waals surface area contributed by atoms with E-state index in [0.717, 1.165) is 12.8 Å². The molecule has 1 aromatic rings. The van der Waals surface area contributed by atoms with Crippen LogP contribution in [0, 0.1) is 0 Å². The van der Waals surface area contributed by atoms with E-state index in [2.05, 4.69) is 5.32 Å². The van der Waals surface area contributed by atoms with Crippen molar-refractivity contribution in [1.29, 1.82) is 0 Å². The number of benzene rings is 1. The Morgan fingerprint density at radius 3 is 2.85 bits per heavy atom. The van der Waals surface area contributed by atoms with Gasteiger partial charge < -0.3 is 20.4 Å². The summed E-state index contributed by atoms with van der Waals surface area (Å²) in [4.78, 5) is 24.6. The highest BCUT2D eigenvalue weighted by molar-refractivity contribution is 6.33. The van der Waals surface area contributed by atoms with Crippen LogP contribution in [0.3, 0.4) is 0 Å². The van der Waals surface area contributed by atoms with Crippen molar-refractivity contribution in [3.8, 4) is 0 Å². The number of aliphatic hydroxyl groups excluding tert-OH is 1. The van der Waals surface area contributed by atoms with E-state index in [1.165, 1.54) is 18.2 Å². The van der Waals surface area contributed by atoms with Crippen molar-refractivity contribution in [1.82, 2.24) is 4.90 Å². The molecule has 1 aliphatic heterocycles. The second kappa shape index (κ2) is 6.11. The molecule has 2 rings (SSSR count). The number of nitrogens with one attached hydrogen (secondary N) is 1. The maximum absolute atomic E-state index is 12.1. The molecular formula is C13H15ClN2O4. The van der Waals surface area contributed by atoms with Gasteiger partial charge in [0.05, 0.1) is 23.2 Å². The Morgan fingerprint density at radius 2 is 2.20 bits per heavy atom. The van der Waals surface area contributed by atoms with Crippen LogP contribution in [0.4, 0.5) is 10.5 Å². The van der Waals surface area contributed by atoms with Crippen LogP contribution in [0.1, 0.15) is 23.2 Å². The Bertz CT molecular complexity index is 535. The normalized spacial score (nSPS) is 18.1. The average Bonchev–Trinajstić information content (AvgIpc) is 2.89. The number of carboxylic acid groups (broad SMARTS) is 1. The van der Waals surface area contributed by atoms with Gasteiger partial charge in [0, 0.05) is 12.2 Å². The number of anilines is 1. The van der Waals surface area contributed by atoms with Crippen molar-refractivity contribution in [3.05, 3.63) is 28.8 Å². The molecule has 0 radical (unpaired) electrons. The number of likely N-dealkylation sites (tertiary alicyclic amines) is 1. The Labute approximate surface area is 121 Å². The number of carboxylic acids is 1. The average molecular weight is 299 g/mol. The molecule has 0 spiro atoms. The minimum atomic E-state index is -1.15. The number of hydrogen-bond acceptors (Lipinski definition) is 3. The first kappa shape index (κ1) is 14.6. The van der Waals surface area contributed by atoms with Gasteiger partial charge in [-0.3, -0.25) is 0 Å². The number of amides is 2. The summed E-state index contributed by atoms with van der Waals surface area (Å²) in [5, 5.41) is 20.9. The maximum atomic E-state index is 12.1. The standard InChI is InChI=1S/C13H15ClN2O4/c14-11-4-3-8(6-10(11)12(18)19)15-13(20)16-5-1-2-9(16)7-17/h3-4,6,9,17H,1-2,5,7H2,(H,15,20)(H,18,19). The second-order valence-corrected chi connectivity index (χ2v) is 5.01. The van der Waals surface area contributed by atoms with E-state index in [9.17, 15) is 14.7 Å². The van der Waals surface area contributed by atoms with Gasteiger partial charge in [0.2, 0.25) is 0 Å². The Hall–Kier alpha value is -1.79.